The van der Waals surface area contributed by atoms with Gasteiger partial charge in [-0.1, -0.05) is 30.0 Å². The van der Waals surface area contributed by atoms with Crippen LogP contribution in [0.4, 0.5) is 0 Å². The number of hydrogen-bond acceptors (Lipinski definition) is 5. The van der Waals surface area contributed by atoms with Crippen LogP contribution in [0.15, 0.2) is 46.0 Å². The van der Waals surface area contributed by atoms with Crippen LogP contribution >= 0.6 is 11.3 Å². The molecule has 0 spiro atoms. The minimum absolute atomic E-state index is 0.0488. The summed E-state index contributed by atoms with van der Waals surface area (Å²) in [5.41, 5.74) is -0.712. The van der Waals surface area contributed by atoms with Crippen LogP contribution in [0.1, 0.15) is 18.1 Å². The van der Waals surface area contributed by atoms with Crippen LogP contribution in [-0.4, -0.2) is 21.0 Å². The molecule has 0 saturated carbocycles. The summed E-state index contributed by atoms with van der Waals surface area (Å²) < 4.78 is 32.2. The van der Waals surface area contributed by atoms with Gasteiger partial charge in [-0.25, -0.2) is 13.2 Å². The number of rotatable bonds is 2. The SMILES string of the molecule is CCOC(=O)[C@@]1(C#Cc2ccsc2)NS(=O)(=O)c2ccccc21. The zero-order valence-electron chi connectivity index (χ0n) is 12.2. The standard InChI is InChI=1S/C16H13NO4S2/c1-2-21-15(18)16(9-7-12-8-10-22-11-12)13-5-3-4-6-14(13)23(19,20)17-16/h3-6,8,10-11,17H,2H2,1H3/t16-/m0/s1. The van der Waals surface area contributed by atoms with E-state index in [4.69, 9.17) is 4.74 Å². The van der Waals surface area contributed by atoms with E-state index in [9.17, 15) is 13.2 Å². The van der Waals surface area contributed by atoms with E-state index in [0.717, 1.165) is 0 Å². The van der Waals surface area contributed by atoms with Gasteiger partial charge in [0.1, 0.15) is 0 Å². The maximum absolute atomic E-state index is 12.5. The Balaban J connectivity index is 2.21. The number of esters is 1. The molecule has 3 rings (SSSR count). The van der Waals surface area contributed by atoms with Crippen molar-refractivity contribution >= 4 is 27.3 Å². The molecule has 1 aliphatic rings. The third-order valence-corrected chi connectivity index (χ3v) is 5.56. The second-order valence-electron chi connectivity index (χ2n) is 4.83. The Morgan fingerprint density at radius 3 is 2.83 bits per heavy atom. The Labute approximate surface area is 138 Å². The molecule has 0 radical (unpaired) electrons. The molecule has 1 aromatic carbocycles. The molecular formula is C16H13NO4S2. The quantitative estimate of drug-likeness (QED) is 0.665. The molecule has 2 aromatic rings. The highest BCUT2D eigenvalue weighted by molar-refractivity contribution is 7.90. The molecule has 1 aromatic heterocycles. The highest BCUT2D eigenvalue weighted by Crippen LogP contribution is 2.36. The largest absolute Gasteiger partial charge is 0.464 e. The lowest BCUT2D eigenvalue weighted by Gasteiger charge is -2.20. The van der Waals surface area contributed by atoms with Gasteiger partial charge in [0.15, 0.2) is 0 Å². The summed E-state index contributed by atoms with van der Waals surface area (Å²) in [6.45, 7) is 1.79. The number of hydrogen-bond donors (Lipinski definition) is 1. The number of carbonyl (C=O) groups excluding carboxylic acids is 1. The second kappa shape index (κ2) is 5.81. The topological polar surface area (TPSA) is 72.5 Å². The fourth-order valence-corrected chi connectivity index (χ4v) is 4.47. The predicted octanol–water partition coefficient (Wildman–Crippen LogP) is 1.85. The molecule has 118 valence electrons. The van der Waals surface area contributed by atoms with E-state index in [-0.39, 0.29) is 11.5 Å². The number of nitrogens with one attached hydrogen (secondary N) is 1. The third-order valence-electron chi connectivity index (χ3n) is 3.37. The Kier molecular flexibility index (Phi) is 3.98. The van der Waals surface area contributed by atoms with Gasteiger partial charge < -0.3 is 4.74 Å². The van der Waals surface area contributed by atoms with Crippen LogP contribution in [0.2, 0.25) is 0 Å². The lowest BCUT2D eigenvalue weighted by Crippen LogP contribution is -2.46. The summed E-state index contributed by atoms with van der Waals surface area (Å²) in [5.74, 6) is 4.92. The smallest absolute Gasteiger partial charge is 0.344 e. The molecule has 1 atom stereocenters. The number of benzene rings is 1. The second-order valence-corrected chi connectivity index (χ2v) is 7.27. The first-order chi connectivity index (χ1) is 11.0. The van der Waals surface area contributed by atoms with E-state index >= 15 is 0 Å². The molecule has 0 bridgehead atoms. The fraction of sp³-hybridized carbons (Fsp3) is 0.188. The third kappa shape index (κ3) is 2.65. The molecule has 1 aliphatic heterocycles. The van der Waals surface area contributed by atoms with Crippen molar-refractivity contribution in [3.8, 4) is 11.8 Å². The number of carbonyl (C=O) groups is 1. The van der Waals surface area contributed by atoms with Crippen LogP contribution in [-0.2, 0) is 25.1 Å². The van der Waals surface area contributed by atoms with Gasteiger partial charge in [0.2, 0.25) is 15.6 Å². The number of thiophene rings is 1. The van der Waals surface area contributed by atoms with E-state index < -0.39 is 21.5 Å². The van der Waals surface area contributed by atoms with Crippen LogP contribution < -0.4 is 4.72 Å². The highest BCUT2D eigenvalue weighted by atomic mass is 32.2. The first-order valence-corrected chi connectivity index (χ1v) is 9.28. The van der Waals surface area contributed by atoms with Crippen molar-refractivity contribution in [2.24, 2.45) is 0 Å². The predicted molar refractivity (Wildman–Crippen MR) is 86.3 cm³/mol. The normalized spacial score (nSPS) is 21.1. The van der Waals surface area contributed by atoms with Crippen LogP contribution in [0.5, 0.6) is 0 Å². The Bertz CT molecular complexity index is 907. The molecular weight excluding hydrogens is 334 g/mol. The Morgan fingerprint density at radius 2 is 2.13 bits per heavy atom. The average molecular weight is 347 g/mol. The molecule has 5 nitrogen and oxygen atoms in total. The summed E-state index contributed by atoms with van der Waals surface area (Å²) in [6, 6.07) is 8.09. The lowest BCUT2D eigenvalue weighted by atomic mass is 9.91. The van der Waals surface area contributed by atoms with Crippen LogP contribution in [0.3, 0.4) is 0 Å². The summed E-state index contributed by atoms with van der Waals surface area (Å²) >= 11 is 1.47. The molecule has 23 heavy (non-hydrogen) atoms. The van der Waals surface area contributed by atoms with Gasteiger partial charge in [0.25, 0.3) is 0 Å². The van der Waals surface area contributed by atoms with Gasteiger partial charge in [0.05, 0.1) is 11.5 Å². The number of fused-ring (bicyclic) bond motifs is 1. The Hall–Kier alpha value is -2.14. The van der Waals surface area contributed by atoms with Gasteiger partial charge in [0, 0.05) is 16.5 Å². The van der Waals surface area contributed by atoms with Crippen molar-refractivity contribution in [2.45, 2.75) is 17.4 Å². The van der Waals surface area contributed by atoms with Crippen molar-refractivity contribution in [3.05, 3.63) is 52.2 Å². The van der Waals surface area contributed by atoms with Gasteiger partial charge in [-0.3, -0.25) is 0 Å². The van der Waals surface area contributed by atoms with Gasteiger partial charge in [-0.2, -0.15) is 16.1 Å². The van der Waals surface area contributed by atoms with E-state index in [1.54, 1.807) is 31.2 Å². The summed E-state index contributed by atoms with van der Waals surface area (Å²) in [5, 5.41) is 3.68. The first-order valence-electron chi connectivity index (χ1n) is 6.86. The monoisotopic (exact) mass is 347 g/mol. The van der Waals surface area contributed by atoms with Gasteiger partial charge >= 0.3 is 5.97 Å². The minimum Gasteiger partial charge on any atom is -0.464 e. The van der Waals surface area contributed by atoms with E-state index in [1.807, 2.05) is 10.8 Å². The van der Waals surface area contributed by atoms with Gasteiger partial charge in [-0.05, 0) is 24.4 Å². The van der Waals surface area contributed by atoms with Crippen LogP contribution in [0, 0.1) is 11.8 Å². The Morgan fingerprint density at radius 1 is 1.35 bits per heavy atom. The van der Waals surface area contributed by atoms with Crippen molar-refractivity contribution < 1.29 is 17.9 Å². The molecule has 1 N–H and O–H groups in total. The average Bonchev–Trinajstić information content (AvgIpc) is 3.12. The fourth-order valence-electron chi connectivity index (χ4n) is 2.36. The molecule has 0 aliphatic carbocycles. The molecule has 2 heterocycles. The van der Waals surface area contributed by atoms with Gasteiger partial charge in [-0.15, -0.1) is 0 Å². The number of sulfonamides is 1. The zero-order valence-corrected chi connectivity index (χ0v) is 13.8. The maximum atomic E-state index is 12.5. The lowest BCUT2D eigenvalue weighted by molar-refractivity contribution is -0.148. The molecule has 0 saturated heterocycles. The summed E-state index contributed by atoms with van der Waals surface area (Å²) in [6.07, 6.45) is 0. The molecule has 0 unspecified atom stereocenters. The first kappa shape index (κ1) is 15.7. The molecule has 7 heteroatoms. The number of ether oxygens (including phenoxy) is 1. The van der Waals surface area contributed by atoms with Crippen molar-refractivity contribution in [1.29, 1.82) is 0 Å². The van der Waals surface area contributed by atoms with Crippen LogP contribution in [0.25, 0.3) is 0 Å². The zero-order chi connectivity index (χ0) is 16.5. The summed E-state index contributed by atoms with van der Waals surface area (Å²) in [4.78, 5) is 12.6. The van der Waals surface area contributed by atoms with E-state index in [1.165, 1.54) is 17.4 Å². The highest BCUT2D eigenvalue weighted by Gasteiger charge is 2.52. The summed E-state index contributed by atoms with van der Waals surface area (Å²) in [7, 11) is -3.82. The minimum atomic E-state index is -3.82. The van der Waals surface area contributed by atoms with Crippen molar-refractivity contribution in [2.75, 3.05) is 6.61 Å². The molecule has 0 amide bonds. The van der Waals surface area contributed by atoms with Crippen molar-refractivity contribution in [1.82, 2.24) is 4.72 Å². The van der Waals surface area contributed by atoms with E-state index in [0.29, 0.717) is 11.1 Å². The maximum Gasteiger partial charge on any atom is 0.344 e. The van der Waals surface area contributed by atoms with E-state index in [2.05, 4.69) is 16.6 Å². The molecule has 0 fully saturated rings. The van der Waals surface area contributed by atoms with Crippen molar-refractivity contribution in [3.63, 3.8) is 0 Å².